The zero-order chi connectivity index (χ0) is 23.8. The highest BCUT2D eigenvalue weighted by Gasteiger charge is 2.24. The maximum absolute atomic E-state index is 12.7. The number of benzene rings is 2. The van der Waals surface area contributed by atoms with Gasteiger partial charge in [-0.3, -0.25) is 4.90 Å². The quantitative estimate of drug-likeness (QED) is 0.367. The summed E-state index contributed by atoms with van der Waals surface area (Å²) < 4.78 is 41.2. The minimum atomic E-state index is -2.98. The van der Waals surface area contributed by atoms with Gasteiger partial charge in [-0.2, -0.15) is 8.78 Å². The molecule has 1 amide bonds. The molecule has 0 saturated carbocycles. The molecule has 1 aliphatic heterocycles. The zero-order valence-electron chi connectivity index (χ0n) is 18.3. The van der Waals surface area contributed by atoms with Gasteiger partial charge in [0.15, 0.2) is 0 Å². The van der Waals surface area contributed by atoms with Gasteiger partial charge in [0.25, 0.3) is 0 Å². The van der Waals surface area contributed by atoms with E-state index >= 15 is 0 Å². The van der Waals surface area contributed by atoms with E-state index in [4.69, 9.17) is 14.5 Å². The number of amides is 1. The third-order valence-electron chi connectivity index (χ3n) is 5.36. The van der Waals surface area contributed by atoms with Crippen LogP contribution < -0.4 is 9.64 Å². The number of hydrogen-bond donors (Lipinski definition) is 0. The number of thiazole rings is 1. The number of rotatable bonds is 5. The average Bonchev–Trinajstić information content (AvgIpc) is 3.46. The molecule has 2 aromatic carbocycles. The average molecular weight is 487 g/mol. The Bertz CT molecular complexity index is 1370. The van der Waals surface area contributed by atoms with Gasteiger partial charge in [0.1, 0.15) is 5.01 Å². The molecule has 4 aromatic rings. The number of anilines is 1. The highest BCUT2D eigenvalue weighted by Crippen LogP contribution is 2.39. The second-order valence-electron chi connectivity index (χ2n) is 7.80. The van der Waals surface area contributed by atoms with Crippen LogP contribution in [0.1, 0.15) is 18.4 Å². The minimum Gasteiger partial charge on any atom is -0.419 e. The Morgan fingerprint density at radius 2 is 2.12 bits per heavy atom. The third-order valence-corrected chi connectivity index (χ3v) is 6.49. The molecule has 0 spiro atoms. The van der Waals surface area contributed by atoms with E-state index in [0.717, 1.165) is 16.7 Å². The molecule has 0 radical (unpaired) electrons. The Balaban J connectivity index is 1.53. The molecular weight excluding hydrogens is 466 g/mol. The first-order valence-electron chi connectivity index (χ1n) is 10.6. The molecule has 2 aromatic heterocycles. The Hall–Kier alpha value is -3.44. The largest absolute Gasteiger partial charge is 0.419 e. The van der Waals surface area contributed by atoms with Gasteiger partial charge in [-0.25, -0.2) is 19.7 Å². The van der Waals surface area contributed by atoms with Crippen molar-refractivity contribution >= 4 is 44.4 Å². The summed E-state index contributed by atoms with van der Waals surface area (Å²) in [4.78, 5) is 27.3. The summed E-state index contributed by atoms with van der Waals surface area (Å²) in [6.07, 6.45) is 1.68. The predicted octanol–water partition coefficient (Wildman–Crippen LogP) is 5.53. The molecule has 176 valence electrons. The first-order chi connectivity index (χ1) is 16.4. The number of nitrogens with zero attached hydrogens (tertiary/aromatic N) is 4. The predicted molar refractivity (Wildman–Crippen MR) is 123 cm³/mol. The molecule has 5 rings (SSSR count). The number of halogens is 2. The van der Waals surface area contributed by atoms with Crippen molar-refractivity contribution in [1.82, 2.24) is 15.0 Å². The Morgan fingerprint density at radius 3 is 2.88 bits per heavy atom. The monoisotopic (exact) mass is 486 g/mol. The Kier molecular flexibility index (Phi) is 5.96. The van der Waals surface area contributed by atoms with E-state index in [-0.39, 0.29) is 5.88 Å². The highest BCUT2D eigenvalue weighted by molar-refractivity contribution is 7.22. The molecule has 1 saturated heterocycles. The molecule has 0 bridgehead atoms. The van der Waals surface area contributed by atoms with E-state index in [0.29, 0.717) is 45.8 Å². The van der Waals surface area contributed by atoms with Crippen LogP contribution in [0.4, 0.5) is 19.3 Å². The summed E-state index contributed by atoms with van der Waals surface area (Å²) in [6, 6.07) is 9.16. The van der Waals surface area contributed by atoms with Gasteiger partial charge >= 0.3 is 12.7 Å². The van der Waals surface area contributed by atoms with E-state index in [9.17, 15) is 13.6 Å². The normalized spacial score (nSPS) is 15.9. The third kappa shape index (κ3) is 4.36. The van der Waals surface area contributed by atoms with Gasteiger partial charge in [-0.15, -0.1) is 11.3 Å². The van der Waals surface area contributed by atoms with Gasteiger partial charge in [-0.05, 0) is 43.2 Å². The lowest BCUT2D eigenvalue weighted by molar-refractivity contribution is -0.0652. The van der Waals surface area contributed by atoms with Crippen molar-refractivity contribution < 1.29 is 27.8 Å². The van der Waals surface area contributed by atoms with E-state index in [2.05, 4.69) is 14.7 Å². The fourth-order valence-corrected chi connectivity index (χ4v) is 4.93. The number of hydrogen-bond acceptors (Lipinski definition) is 8. The molecule has 8 nitrogen and oxygen atoms in total. The van der Waals surface area contributed by atoms with E-state index in [1.54, 1.807) is 13.1 Å². The number of alkyl halides is 2. The smallest absolute Gasteiger partial charge is 0.416 e. The summed E-state index contributed by atoms with van der Waals surface area (Å²) >= 11 is 1.39. The molecular formula is C23H20F2N4O4S. The number of carbonyl (C=O) groups is 1. The van der Waals surface area contributed by atoms with Crippen LogP contribution in [0.2, 0.25) is 0 Å². The summed E-state index contributed by atoms with van der Waals surface area (Å²) in [6.45, 7) is -0.528. The number of ether oxygens (including phenoxy) is 3. The fraction of sp³-hybridized carbons (Fsp3) is 0.304. The van der Waals surface area contributed by atoms with Gasteiger partial charge < -0.3 is 14.2 Å². The lowest BCUT2D eigenvalue weighted by atomic mass is 10.1. The molecule has 0 aliphatic carbocycles. The summed E-state index contributed by atoms with van der Waals surface area (Å²) in [5, 5.41) is 0.661. The van der Waals surface area contributed by atoms with E-state index in [1.807, 2.05) is 31.2 Å². The van der Waals surface area contributed by atoms with Crippen LogP contribution in [-0.4, -0.2) is 47.6 Å². The minimum absolute atomic E-state index is 0.253. The summed E-state index contributed by atoms with van der Waals surface area (Å²) in [7, 11) is 1.64. The van der Waals surface area contributed by atoms with Gasteiger partial charge in [0.05, 0.1) is 39.7 Å². The first kappa shape index (κ1) is 22.4. The second kappa shape index (κ2) is 9.07. The Labute approximate surface area is 197 Å². The SMILES string of the molecule is Cc1cc(-c2nc3cccc(N(C)C(=O)OC4CCCO4)c3s2)c2ncc(OC(F)F)nc2c1. The molecule has 1 unspecified atom stereocenters. The number of aryl methyl sites for hydroxylation is 1. The first-order valence-corrected chi connectivity index (χ1v) is 11.4. The van der Waals surface area contributed by atoms with Crippen LogP contribution >= 0.6 is 11.3 Å². The molecule has 34 heavy (non-hydrogen) atoms. The van der Waals surface area contributed by atoms with Crippen LogP contribution in [0.5, 0.6) is 5.88 Å². The molecule has 0 N–H and O–H groups in total. The molecule has 1 atom stereocenters. The van der Waals surface area contributed by atoms with E-state index < -0.39 is 19.0 Å². The van der Waals surface area contributed by atoms with Crippen LogP contribution in [0.3, 0.4) is 0 Å². The lowest BCUT2D eigenvalue weighted by Gasteiger charge is -2.20. The second-order valence-corrected chi connectivity index (χ2v) is 8.80. The lowest BCUT2D eigenvalue weighted by Crippen LogP contribution is -2.30. The van der Waals surface area contributed by atoms with Crippen molar-refractivity contribution in [1.29, 1.82) is 0 Å². The number of aromatic nitrogens is 3. The highest BCUT2D eigenvalue weighted by atomic mass is 32.1. The van der Waals surface area contributed by atoms with Crippen LogP contribution in [0.25, 0.3) is 31.8 Å². The van der Waals surface area contributed by atoms with Crippen molar-refractivity contribution in [2.24, 2.45) is 0 Å². The molecule has 1 aliphatic rings. The Morgan fingerprint density at radius 1 is 1.26 bits per heavy atom. The van der Waals surface area contributed by atoms with Crippen LogP contribution in [-0.2, 0) is 9.47 Å². The van der Waals surface area contributed by atoms with Crippen molar-refractivity contribution in [3.05, 3.63) is 42.1 Å². The maximum Gasteiger partial charge on any atom is 0.416 e. The van der Waals surface area contributed by atoms with Crippen LogP contribution in [0.15, 0.2) is 36.5 Å². The molecule has 11 heteroatoms. The zero-order valence-corrected chi connectivity index (χ0v) is 19.1. The van der Waals surface area contributed by atoms with Crippen LogP contribution in [0, 0.1) is 6.92 Å². The van der Waals surface area contributed by atoms with Crippen molar-refractivity contribution in [3.8, 4) is 16.5 Å². The number of fused-ring (bicyclic) bond motifs is 2. The molecule has 1 fully saturated rings. The number of carbonyl (C=O) groups excluding carboxylic acids is 1. The van der Waals surface area contributed by atoms with Gasteiger partial charge in [0, 0.05) is 19.0 Å². The standard InChI is InChI=1S/C23H20F2N4O4S/c1-12-9-13(19-15(10-12)27-17(11-26-19)32-22(24)25)21-28-14-5-3-6-16(20(14)34-21)29(2)23(30)33-18-7-4-8-31-18/h3,5-6,9-11,18,22H,4,7-8H2,1-2H3. The topological polar surface area (TPSA) is 86.7 Å². The van der Waals surface area contributed by atoms with E-state index in [1.165, 1.54) is 22.4 Å². The summed E-state index contributed by atoms with van der Waals surface area (Å²) in [5.41, 5.74) is 3.86. The van der Waals surface area contributed by atoms with Crippen molar-refractivity contribution in [2.75, 3.05) is 18.6 Å². The fourth-order valence-electron chi connectivity index (χ4n) is 3.80. The van der Waals surface area contributed by atoms with Gasteiger partial charge in [0.2, 0.25) is 12.2 Å². The maximum atomic E-state index is 12.7. The molecule has 3 heterocycles. The van der Waals surface area contributed by atoms with Crippen molar-refractivity contribution in [3.63, 3.8) is 0 Å². The van der Waals surface area contributed by atoms with Gasteiger partial charge in [-0.1, -0.05) is 6.07 Å². The van der Waals surface area contributed by atoms with Crippen molar-refractivity contribution in [2.45, 2.75) is 32.7 Å². The summed E-state index contributed by atoms with van der Waals surface area (Å²) in [5.74, 6) is -0.253.